The Kier molecular flexibility index (Phi) is 4.82. The van der Waals surface area contributed by atoms with Crippen molar-refractivity contribution in [3.05, 3.63) is 68.3 Å². The number of halogens is 2. The van der Waals surface area contributed by atoms with Gasteiger partial charge in [-0.05, 0) is 65.4 Å². The fourth-order valence-corrected chi connectivity index (χ4v) is 2.41. The predicted molar refractivity (Wildman–Crippen MR) is 86.5 cm³/mol. The topological polar surface area (TPSA) is 29.1 Å². The minimum absolute atomic E-state index is 0.0531. The third-order valence-corrected chi connectivity index (χ3v) is 3.73. The lowest BCUT2D eigenvalue weighted by Gasteiger charge is -2.14. The van der Waals surface area contributed by atoms with Crippen LogP contribution in [0.1, 0.15) is 28.9 Å². The standard InChI is InChI=1S/C15H13ClINO/c1-10(11-5-7-13(16)8-6-11)18-15(19)12-3-2-4-14(17)9-12/h2-10H,1H3,(H,18,19)/t10-/m1/s1. The molecule has 1 atom stereocenters. The maximum absolute atomic E-state index is 12.1. The molecule has 2 rings (SSSR count). The van der Waals surface area contributed by atoms with Crippen molar-refractivity contribution < 1.29 is 4.79 Å². The molecule has 0 aliphatic carbocycles. The van der Waals surface area contributed by atoms with Gasteiger partial charge >= 0.3 is 0 Å². The van der Waals surface area contributed by atoms with Crippen LogP contribution in [0.3, 0.4) is 0 Å². The lowest BCUT2D eigenvalue weighted by atomic mass is 10.1. The molecule has 0 saturated carbocycles. The van der Waals surface area contributed by atoms with Crippen molar-refractivity contribution in [2.75, 3.05) is 0 Å². The van der Waals surface area contributed by atoms with E-state index >= 15 is 0 Å². The van der Waals surface area contributed by atoms with E-state index in [1.54, 1.807) is 0 Å². The Bertz CT molecular complexity index is 583. The lowest BCUT2D eigenvalue weighted by molar-refractivity contribution is 0.0940. The molecule has 0 radical (unpaired) electrons. The molecule has 0 aromatic heterocycles. The maximum Gasteiger partial charge on any atom is 0.251 e. The van der Waals surface area contributed by atoms with Gasteiger partial charge in [0.15, 0.2) is 0 Å². The molecule has 0 unspecified atom stereocenters. The summed E-state index contributed by atoms with van der Waals surface area (Å²) in [4.78, 5) is 12.1. The smallest absolute Gasteiger partial charge is 0.251 e. The van der Waals surface area contributed by atoms with Crippen LogP contribution in [0.2, 0.25) is 5.02 Å². The Labute approximate surface area is 131 Å². The largest absolute Gasteiger partial charge is 0.346 e. The second kappa shape index (κ2) is 6.39. The van der Waals surface area contributed by atoms with Crippen LogP contribution in [0, 0.1) is 3.57 Å². The molecule has 19 heavy (non-hydrogen) atoms. The average Bonchev–Trinajstić information content (AvgIpc) is 2.39. The fourth-order valence-electron chi connectivity index (χ4n) is 1.74. The van der Waals surface area contributed by atoms with Gasteiger partial charge in [0.05, 0.1) is 6.04 Å². The summed E-state index contributed by atoms with van der Waals surface area (Å²) in [5.74, 6) is -0.0685. The summed E-state index contributed by atoms with van der Waals surface area (Å²) < 4.78 is 1.05. The number of amides is 1. The second-order valence-corrected chi connectivity index (χ2v) is 5.94. The molecule has 0 spiro atoms. The Balaban J connectivity index is 2.08. The van der Waals surface area contributed by atoms with Crippen LogP contribution in [-0.4, -0.2) is 5.91 Å². The number of rotatable bonds is 3. The van der Waals surface area contributed by atoms with Crippen LogP contribution in [0.4, 0.5) is 0 Å². The van der Waals surface area contributed by atoms with Gasteiger partial charge in [0.2, 0.25) is 0 Å². The van der Waals surface area contributed by atoms with Gasteiger partial charge < -0.3 is 5.32 Å². The molecule has 0 bridgehead atoms. The van der Waals surface area contributed by atoms with E-state index < -0.39 is 0 Å². The molecule has 4 heteroatoms. The van der Waals surface area contributed by atoms with Gasteiger partial charge in [-0.1, -0.05) is 29.8 Å². The molecule has 2 aromatic rings. The summed E-state index contributed by atoms with van der Waals surface area (Å²) >= 11 is 8.04. The summed E-state index contributed by atoms with van der Waals surface area (Å²) in [6, 6.07) is 14.9. The SMILES string of the molecule is C[C@@H](NC(=O)c1cccc(I)c1)c1ccc(Cl)cc1. The monoisotopic (exact) mass is 385 g/mol. The van der Waals surface area contributed by atoms with Gasteiger partial charge in [-0.25, -0.2) is 0 Å². The van der Waals surface area contributed by atoms with Crippen LogP contribution >= 0.6 is 34.2 Å². The number of hydrogen-bond donors (Lipinski definition) is 1. The number of nitrogens with one attached hydrogen (secondary N) is 1. The van der Waals surface area contributed by atoms with E-state index in [0.29, 0.717) is 10.6 Å². The van der Waals surface area contributed by atoms with E-state index in [-0.39, 0.29) is 11.9 Å². The zero-order valence-corrected chi connectivity index (χ0v) is 13.3. The summed E-state index contributed by atoms with van der Waals surface area (Å²) in [7, 11) is 0. The van der Waals surface area contributed by atoms with Crippen molar-refractivity contribution in [2.45, 2.75) is 13.0 Å². The molecule has 2 nitrogen and oxygen atoms in total. The molecule has 2 aromatic carbocycles. The van der Waals surface area contributed by atoms with Crippen LogP contribution < -0.4 is 5.32 Å². The normalized spacial score (nSPS) is 11.9. The Hall–Kier alpha value is -1.07. The zero-order chi connectivity index (χ0) is 13.8. The summed E-state index contributed by atoms with van der Waals surface area (Å²) in [5, 5.41) is 3.67. The highest BCUT2D eigenvalue weighted by molar-refractivity contribution is 14.1. The van der Waals surface area contributed by atoms with Gasteiger partial charge in [-0.3, -0.25) is 4.79 Å². The maximum atomic E-state index is 12.1. The number of carbonyl (C=O) groups excluding carboxylic acids is 1. The van der Waals surface area contributed by atoms with E-state index in [2.05, 4.69) is 27.9 Å². The summed E-state index contributed by atoms with van der Waals surface area (Å²) in [6.45, 7) is 1.95. The van der Waals surface area contributed by atoms with Gasteiger partial charge in [0, 0.05) is 14.2 Å². The number of carbonyl (C=O) groups is 1. The van der Waals surface area contributed by atoms with Crippen molar-refractivity contribution in [3.8, 4) is 0 Å². The quantitative estimate of drug-likeness (QED) is 0.778. The van der Waals surface area contributed by atoms with Crippen molar-refractivity contribution >= 4 is 40.1 Å². The molecule has 1 N–H and O–H groups in total. The van der Waals surface area contributed by atoms with E-state index in [1.807, 2.05) is 55.5 Å². The minimum atomic E-state index is -0.0685. The van der Waals surface area contributed by atoms with E-state index in [0.717, 1.165) is 9.13 Å². The fraction of sp³-hybridized carbons (Fsp3) is 0.133. The van der Waals surface area contributed by atoms with Crippen LogP contribution in [-0.2, 0) is 0 Å². The van der Waals surface area contributed by atoms with Crippen LogP contribution in [0.5, 0.6) is 0 Å². The first kappa shape index (κ1) is 14.3. The molecule has 0 aliphatic heterocycles. The molecule has 98 valence electrons. The molecule has 1 amide bonds. The van der Waals surface area contributed by atoms with Gasteiger partial charge in [0.25, 0.3) is 5.91 Å². The van der Waals surface area contributed by atoms with Crippen molar-refractivity contribution in [2.24, 2.45) is 0 Å². The lowest BCUT2D eigenvalue weighted by Crippen LogP contribution is -2.26. The molecular weight excluding hydrogens is 373 g/mol. The summed E-state index contributed by atoms with van der Waals surface area (Å²) in [5.41, 5.74) is 1.70. The van der Waals surface area contributed by atoms with Gasteiger partial charge in [-0.2, -0.15) is 0 Å². The first-order chi connectivity index (χ1) is 9.06. The Morgan fingerprint density at radius 3 is 2.53 bits per heavy atom. The van der Waals surface area contributed by atoms with Gasteiger partial charge in [0.1, 0.15) is 0 Å². The highest BCUT2D eigenvalue weighted by Gasteiger charge is 2.11. The van der Waals surface area contributed by atoms with Gasteiger partial charge in [-0.15, -0.1) is 0 Å². The second-order valence-electron chi connectivity index (χ2n) is 4.26. The van der Waals surface area contributed by atoms with Crippen LogP contribution in [0.15, 0.2) is 48.5 Å². The molecular formula is C15H13ClINO. The average molecular weight is 386 g/mol. The van der Waals surface area contributed by atoms with E-state index in [1.165, 1.54) is 0 Å². The number of hydrogen-bond acceptors (Lipinski definition) is 1. The van der Waals surface area contributed by atoms with E-state index in [4.69, 9.17) is 11.6 Å². The Morgan fingerprint density at radius 2 is 1.89 bits per heavy atom. The molecule has 0 aliphatic rings. The van der Waals surface area contributed by atoms with E-state index in [9.17, 15) is 4.79 Å². The third-order valence-electron chi connectivity index (χ3n) is 2.80. The highest BCUT2D eigenvalue weighted by atomic mass is 127. The third kappa shape index (κ3) is 3.94. The van der Waals surface area contributed by atoms with Crippen molar-refractivity contribution in [3.63, 3.8) is 0 Å². The Morgan fingerprint density at radius 1 is 1.21 bits per heavy atom. The van der Waals surface area contributed by atoms with Crippen molar-refractivity contribution in [1.82, 2.24) is 5.32 Å². The highest BCUT2D eigenvalue weighted by Crippen LogP contribution is 2.17. The predicted octanol–water partition coefficient (Wildman–Crippen LogP) is 4.44. The zero-order valence-electron chi connectivity index (χ0n) is 10.4. The van der Waals surface area contributed by atoms with Crippen LogP contribution in [0.25, 0.3) is 0 Å². The molecule has 0 saturated heterocycles. The minimum Gasteiger partial charge on any atom is -0.346 e. The first-order valence-corrected chi connectivity index (χ1v) is 7.34. The summed E-state index contributed by atoms with van der Waals surface area (Å²) in [6.07, 6.45) is 0. The molecule has 0 fully saturated rings. The first-order valence-electron chi connectivity index (χ1n) is 5.88. The van der Waals surface area contributed by atoms with Crippen molar-refractivity contribution in [1.29, 1.82) is 0 Å². The molecule has 0 heterocycles. The number of benzene rings is 2.